The van der Waals surface area contributed by atoms with Crippen LogP contribution in [0.3, 0.4) is 0 Å². The molecule has 0 radical (unpaired) electrons. The van der Waals surface area contributed by atoms with Gasteiger partial charge < -0.3 is 5.11 Å². The van der Waals surface area contributed by atoms with E-state index in [0.29, 0.717) is 12.8 Å². The van der Waals surface area contributed by atoms with Crippen LogP contribution in [0, 0.1) is 6.92 Å². The molecule has 0 aliphatic carbocycles. The van der Waals surface area contributed by atoms with E-state index in [2.05, 4.69) is 16.5 Å². The van der Waals surface area contributed by atoms with Crippen LogP contribution in [0.1, 0.15) is 45.7 Å². The average molecular weight is 313 g/mol. The van der Waals surface area contributed by atoms with E-state index < -0.39 is 11.5 Å². The number of hydrogen-bond donors (Lipinski definition) is 2. The van der Waals surface area contributed by atoms with Crippen LogP contribution < -0.4 is 5.32 Å². The third kappa shape index (κ3) is 5.04. The number of carbonyl (C=O) groups is 1. The molecule has 0 aromatic carbocycles. The van der Waals surface area contributed by atoms with Crippen LogP contribution in [0.4, 0.5) is 0 Å². The molecule has 6 heteroatoms. The van der Waals surface area contributed by atoms with Gasteiger partial charge in [0, 0.05) is 13.1 Å². The molecule has 1 atom stereocenters. The van der Waals surface area contributed by atoms with Gasteiger partial charge in [-0.1, -0.05) is 6.92 Å². The normalized spacial score (nSPS) is 14.4. The van der Waals surface area contributed by atoms with E-state index in [1.54, 1.807) is 11.8 Å². The number of hydrogen-bond acceptors (Lipinski definition) is 4. The highest BCUT2D eigenvalue weighted by molar-refractivity contribution is 7.99. The quantitative estimate of drug-likeness (QED) is 0.542. The number of thioether (sulfide) groups is 1. The van der Waals surface area contributed by atoms with Gasteiger partial charge >= 0.3 is 5.97 Å². The number of carboxylic acids is 1. The van der Waals surface area contributed by atoms with Crippen LogP contribution in [-0.4, -0.2) is 38.2 Å². The van der Waals surface area contributed by atoms with E-state index in [-0.39, 0.29) is 6.04 Å². The van der Waals surface area contributed by atoms with Crippen molar-refractivity contribution < 1.29 is 9.90 Å². The lowest BCUT2D eigenvalue weighted by Crippen LogP contribution is -2.54. The number of nitrogens with zero attached hydrogens (tertiary/aromatic N) is 2. The SMILES string of the molecule is CCC(CCCSc1cc(C)nn1C)(NC(C)C)C(=O)O. The predicted molar refractivity (Wildman–Crippen MR) is 86.8 cm³/mol. The van der Waals surface area contributed by atoms with Crippen LogP contribution >= 0.6 is 11.8 Å². The number of rotatable bonds is 9. The summed E-state index contributed by atoms with van der Waals surface area (Å²) in [6.45, 7) is 7.88. The van der Waals surface area contributed by atoms with Crippen molar-refractivity contribution in [2.75, 3.05) is 5.75 Å². The minimum absolute atomic E-state index is 0.161. The summed E-state index contributed by atoms with van der Waals surface area (Å²) in [7, 11) is 1.93. The Labute approximate surface area is 131 Å². The van der Waals surface area contributed by atoms with E-state index >= 15 is 0 Å². The molecule has 1 aromatic heterocycles. The number of nitrogens with one attached hydrogen (secondary N) is 1. The molecule has 0 spiro atoms. The third-order valence-corrected chi connectivity index (χ3v) is 4.71. The molecule has 21 heavy (non-hydrogen) atoms. The molecule has 5 nitrogen and oxygen atoms in total. The van der Waals surface area contributed by atoms with Gasteiger partial charge in [-0.3, -0.25) is 14.8 Å². The summed E-state index contributed by atoms with van der Waals surface area (Å²) in [4.78, 5) is 11.6. The highest BCUT2D eigenvalue weighted by Crippen LogP contribution is 2.24. The molecule has 0 aliphatic heterocycles. The van der Waals surface area contributed by atoms with Crippen LogP contribution in [0.2, 0.25) is 0 Å². The first-order valence-corrected chi connectivity index (χ1v) is 8.44. The van der Waals surface area contributed by atoms with Gasteiger partial charge in [0.25, 0.3) is 0 Å². The summed E-state index contributed by atoms with van der Waals surface area (Å²) < 4.78 is 1.87. The predicted octanol–water partition coefficient (Wildman–Crippen LogP) is 2.83. The highest BCUT2D eigenvalue weighted by Gasteiger charge is 2.36. The Kier molecular flexibility index (Phi) is 6.74. The second-order valence-corrected chi connectivity index (χ2v) is 6.85. The lowest BCUT2D eigenvalue weighted by molar-refractivity contribution is -0.145. The lowest BCUT2D eigenvalue weighted by atomic mass is 9.90. The van der Waals surface area contributed by atoms with Crippen molar-refractivity contribution in [3.05, 3.63) is 11.8 Å². The van der Waals surface area contributed by atoms with Crippen molar-refractivity contribution in [1.29, 1.82) is 0 Å². The lowest BCUT2D eigenvalue weighted by Gasteiger charge is -2.31. The molecule has 0 fully saturated rings. The summed E-state index contributed by atoms with van der Waals surface area (Å²) in [6.07, 6.45) is 2.09. The first-order chi connectivity index (χ1) is 9.80. The summed E-state index contributed by atoms with van der Waals surface area (Å²) in [5.41, 5.74) is 0.201. The molecule has 0 aliphatic rings. The molecule has 0 saturated carbocycles. The summed E-state index contributed by atoms with van der Waals surface area (Å²) in [5, 5.41) is 18.2. The van der Waals surface area contributed by atoms with E-state index in [1.165, 1.54) is 0 Å². The van der Waals surface area contributed by atoms with E-state index in [1.807, 2.05) is 39.4 Å². The molecule has 1 unspecified atom stereocenters. The average Bonchev–Trinajstić information content (AvgIpc) is 2.70. The van der Waals surface area contributed by atoms with Crippen LogP contribution in [-0.2, 0) is 11.8 Å². The van der Waals surface area contributed by atoms with Crippen LogP contribution in [0.25, 0.3) is 0 Å². The zero-order valence-corrected chi connectivity index (χ0v) is 14.5. The largest absolute Gasteiger partial charge is 0.480 e. The minimum Gasteiger partial charge on any atom is -0.480 e. The van der Waals surface area contributed by atoms with E-state index in [0.717, 1.165) is 22.9 Å². The van der Waals surface area contributed by atoms with Crippen molar-refractivity contribution in [2.45, 2.75) is 63.6 Å². The van der Waals surface area contributed by atoms with Crippen molar-refractivity contribution in [3.8, 4) is 0 Å². The van der Waals surface area contributed by atoms with Crippen molar-refractivity contribution >= 4 is 17.7 Å². The fraction of sp³-hybridized carbons (Fsp3) is 0.733. The first-order valence-electron chi connectivity index (χ1n) is 7.45. The van der Waals surface area contributed by atoms with Gasteiger partial charge in [0.15, 0.2) is 0 Å². The molecule has 0 saturated heterocycles. The zero-order valence-electron chi connectivity index (χ0n) is 13.6. The second-order valence-electron chi connectivity index (χ2n) is 5.74. The molecule has 2 N–H and O–H groups in total. The standard InChI is InChI=1S/C15H27N3O2S/c1-6-15(14(19)20,16-11(2)3)8-7-9-21-13-10-12(4)17-18(13)5/h10-11,16H,6-9H2,1-5H3,(H,19,20). The van der Waals surface area contributed by atoms with Crippen LogP contribution in [0.15, 0.2) is 11.1 Å². The van der Waals surface area contributed by atoms with Gasteiger partial charge in [0.05, 0.1) is 10.7 Å². The maximum Gasteiger partial charge on any atom is 0.323 e. The zero-order chi connectivity index (χ0) is 16.0. The smallest absolute Gasteiger partial charge is 0.323 e. The Morgan fingerprint density at radius 3 is 2.67 bits per heavy atom. The maximum atomic E-state index is 11.6. The number of carboxylic acid groups (broad SMARTS) is 1. The molecule has 1 rings (SSSR count). The number of aromatic nitrogens is 2. The molecule has 1 aromatic rings. The molecule has 0 bridgehead atoms. The van der Waals surface area contributed by atoms with Gasteiger partial charge in [-0.2, -0.15) is 5.10 Å². The van der Waals surface area contributed by atoms with Gasteiger partial charge in [0.1, 0.15) is 5.54 Å². The van der Waals surface area contributed by atoms with E-state index in [4.69, 9.17) is 0 Å². The van der Waals surface area contributed by atoms with E-state index in [9.17, 15) is 9.90 Å². The first kappa shape index (κ1) is 18.0. The van der Waals surface area contributed by atoms with Gasteiger partial charge in [-0.05, 0) is 51.9 Å². The number of aryl methyl sites for hydroxylation is 2. The monoisotopic (exact) mass is 313 g/mol. The Balaban J connectivity index is 2.54. The Morgan fingerprint density at radius 2 is 2.24 bits per heavy atom. The summed E-state index contributed by atoms with van der Waals surface area (Å²) >= 11 is 1.73. The summed E-state index contributed by atoms with van der Waals surface area (Å²) in [5.74, 6) is 0.147. The second kappa shape index (κ2) is 7.84. The Hall–Kier alpha value is -1.01. The molecular weight excluding hydrogens is 286 g/mol. The molecular formula is C15H27N3O2S. The Morgan fingerprint density at radius 1 is 1.57 bits per heavy atom. The van der Waals surface area contributed by atoms with Crippen molar-refractivity contribution in [2.24, 2.45) is 7.05 Å². The van der Waals surface area contributed by atoms with Gasteiger partial charge in [-0.15, -0.1) is 11.8 Å². The molecule has 120 valence electrons. The fourth-order valence-electron chi connectivity index (χ4n) is 2.50. The van der Waals surface area contributed by atoms with Crippen molar-refractivity contribution in [3.63, 3.8) is 0 Å². The summed E-state index contributed by atoms with van der Waals surface area (Å²) in [6, 6.07) is 2.22. The van der Waals surface area contributed by atoms with Gasteiger partial charge in [0.2, 0.25) is 0 Å². The fourth-order valence-corrected chi connectivity index (χ4v) is 3.48. The minimum atomic E-state index is -0.808. The molecule has 1 heterocycles. The van der Waals surface area contributed by atoms with Crippen molar-refractivity contribution in [1.82, 2.24) is 15.1 Å². The highest BCUT2D eigenvalue weighted by atomic mass is 32.2. The van der Waals surface area contributed by atoms with Crippen LogP contribution in [0.5, 0.6) is 0 Å². The number of aliphatic carboxylic acids is 1. The Bertz CT molecular complexity index is 473. The maximum absolute atomic E-state index is 11.6. The topological polar surface area (TPSA) is 67.2 Å². The molecule has 0 amide bonds. The van der Waals surface area contributed by atoms with Gasteiger partial charge in [-0.25, -0.2) is 0 Å². The third-order valence-electron chi connectivity index (χ3n) is 3.53.